The van der Waals surface area contributed by atoms with Crippen LogP contribution >= 0.6 is 0 Å². The van der Waals surface area contributed by atoms with Gasteiger partial charge in [0, 0.05) is 0 Å². The summed E-state index contributed by atoms with van der Waals surface area (Å²) in [5.74, 6) is 0.792. The van der Waals surface area contributed by atoms with Crippen LogP contribution in [-0.4, -0.2) is 27.3 Å². The predicted octanol–water partition coefficient (Wildman–Crippen LogP) is 1.90. The van der Waals surface area contributed by atoms with Gasteiger partial charge in [-0.15, -0.1) is 0 Å². The van der Waals surface area contributed by atoms with Crippen molar-refractivity contribution < 1.29 is 19.0 Å². The maximum Gasteiger partial charge on any atom is 0.313 e. The number of carbonyl (C=O) groups excluding carboxylic acids is 1. The van der Waals surface area contributed by atoms with Crippen molar-refractivity contribution in [3.05, 3.63) is 23.8 Å². The molecular formula is C14H21NO4. The van der Waals surface area contributed by atoms with Crippen molar-refractivity contribution >= 4 is 5.97 Å². The summed E-state index contributed by atoms with van der Waals surface area (Å²) in [4.78, 5) is 11.9. The van der Waals surface area contributed by atoms with Crippen LogP contribution < -0.4 is 15.2 Å². The molecule has 0 aromatic heterocycles. The first-order chi connectivity index (χ1) is 8.89. The highest BCUT2D eigenvalue weighted by Gasteiger charge is 2.39. The Balaban J connectivity index is 3.32. The molecule has 0 saturated carbocycles. The van der Waals surface area contributed by atoms with E-state index in [4.69, 9.17) is 19.9 Å². The van der Waals surface area contributed by atoms with E-state index >= 15 is 0 Å². The molecule has 5 nitrogen and oxygen atoms in total. The molecule has 0 unspecified atom stereocenters. The Morgan fingerprint density at radius 3 is 2.00 bits per heavy atom. The van der Waals surface area contributed by atoms with Gasteiger partial charge in [-0.3, -0.25) is 4.79 Å². The Morgan fingerprint density at radius 2 is 1.63 bits per heavy atom. The minimum atomic E-state index is -0.892. The normalized spacial score (nSPS) is 12.7. The zero-order valence-electron chi connectivity index (χ0n) is 12.0. The summed E-state index contributed by atoms with van der Waals surface area (Å²) < 4.78 is 15.4. The minimum absolute atomic E-state index is 0.382. The van der Waals surface area contributed by atoms with E-state index < -0.39 is 11.5 Å². The van der Waals surface area contributed by atoms with Gasteiger partial charge in [0.1, 0.15) is 11.5 Å². The molecule has 0 fully saturated rings. The maximum absolute atomic E-state index is 11.9. The number of benzene rings is 1. The molecule has 0 spiro atoms. The van der Waals surface area contributed by atoms with Crippen molar-refractivity contribution in [2.75, 3.05) is 21.3 Å². The van der Waals surface area contributed by atoms with Crippen LogP contribution in [0.3, 0.4) is 0 Å². The summed E-state index contributed by atoms with van der Waals surface area (Å²) in [7, 11) is 4.45. The first-order valence-corrected chi connectivity index (χ1v) is 5.95. The molecule has 0 saturated heterocycles. The van der Waals surface area contributed by atoms with E-state index in [1.807, 2.05) is 0 Å². The summed E-state index contributed by atoms with van der Waals surface area (Å²) in [5.41, 5.74) is 6.00. The summed E-state index contributed by atoms with van der Waals surface area (Å²) in [6, 6.07) is 4.76. The van der Waals surface area contributed by atoms with E-state index in [1.165, 1.54) is 7.11 Å². The van der Waals surface area contributed by atoms with Gasteiger partial charge in [0.15, 0.2) is 0 Å². The molecule has 5 heteroatoms. The summed E-state index contributed by atoms with van der Waals surface area (Å²) in [6.07, 6.45) is 0. The van der Waals surface area contributed by atoms with E-state index in [1.54, 1.807) is 46.3 Å². The van der Waals surface area contributed by atoms with Gasteiger partial charge in [0.2, 0.25) is 0 Å². The third kappa shape index (κ3) is 2.81. The minimum Gasteiger partial charge on any atom is -0.496 e. The standard InChI is InChI=1S/C14H21NO4/c1-14(2,13(16)19-5)12(15)11-9(17-3)7-6-8-10(11)18-4/h6-8,12H,15H2,1-5H3/t12-/m0/s1. The van der Waals surface area contributed by atoms with Crippen molar-refractivity contribution in [1.82, 2.24) is 0 Å². The molecule has 0 heterocycles. The Hall–Kier alpha value is -1.75. The summed E-state index contributed by atoms with van der Waals surface area (Å²) in [5, 5.41) is 0. The van der Waals surface area contributed by atoms with Gasteiger partial charge >= 0.3 is 5.97 Å². The third-order valence-electron chi connectivity index (χ3n) is 3.27. The summed E-state index contributed by atoms with van der Waals surface area (Å²) in [6.45, 7) is 3.46. The van der Waals surface area contributed by atoms with E-state index in [0.717, 1.165) is 0 Å². The van der Waals surface area contributed by atoms with Gasteiger partial charge in [-0.05, 0) is 26.0 Å². The number of hydrogen-bond donors (Lipinski definition) is 1. The highest BCUT2D eigenvalue weighted by Crippen LogP contribution is 2.41. The largest absolute Gasteiger partial charge is 0.496 e. The van der Waals surface area contributed by atoms with Crippen molar-refractivity contribution in [3.63, 3.8) is 0 Å². The topological polar surface area (TPSA) is 70.8 Å². The molecule has 1 aromatic rings. The Morgan fingerprint density at radius 1 is 1.16 bits per heavy atom. The maximum atomic E-state index is 11.9. The van der Waals surface area contributed by atoms with Gasteiger partial charge in [-0.25, -0.2) is 0 Å². The second-order valence-electron chi connectivity index (χ2n) is 4.77. The zero-order valence-corrected chi connectivity index (χ0v) is 12.0. The number of hydrogen-bond acceptors (Lipinski definition) is 5. The fourth-order valence-corrected chi connectivity index (χ4v) is 1.94. The average Bonchev–Trinajstić information content (AvgIpc) is 2.44. The van der Waals surface area contributed by atoms with Crippen LogP contribution in [0.5, 0.6) is 11.5 Å². The lowest BCUT2D eigenvalue weighted by atomic mass is 9.80. The quantitative estimate of drug-likeness (QED) is 0.825. The first-order valence-electron chi connectivity index (χ1n) is 5.95. The van der Waals surface area contributed by atoms with Crippen LogP contribution in [0, 0.1) is 5.41 Å². The smallest absolute Gasteiger partial charge is 0.313 e. The Kier molecular flexibility index (Phi) is 4.78. The molecule has 2 N–H and O–H groups in total. The molecule has 0 radical (unpaired) electrons. The third-order valence-corrected chi connectivity index (χ3v) is 3.27. The first kappa shape index (κ1) is 15.3. The van der Waals surface area contributed by atoms with Crippen molar-refractivity contribution in [2.45, 2.75) is 19.9 Å². The van der Waals surface area contributed by atoms with Crippen molar-refractivity contribution in [1.29, 1.82) is 0 Å². The van der Waals surface area contributed by atoms with Crippen molar-refractivity contribution in [2.24, 2.45) is 11.1 Å². The fourth-order valence-electron chi connectivity index (χ4n) is 1.94. The SMILES string of the molecule is COC(=O)C(C)(C)[C@@H](N)c1c(OC)cccc1OC. The molecule has 1 aromatic carbocycles. The van der Waals surface area contributed by atoms with Gasteiger partial charge in [0.05, 0.1) is 38.3 Å². The molecule has 0 aliphatic carbocycles. The molecule has 0 bridgehead atoms. The van der Waals surface area contributed by atoms with E-state index in [-0.39, 0.29) is 5.97 Å². The molecule has 1 rings (SSSR count). The highest BCUT2D eigenvalue weighted by atomic mass is 16.5. The van der Waals surface area contributed by atoms with Gasteiger partial charge < -0.3 is 19.9 Å². The van der Waals surface area contributed by atoms with Crippen LogP contribution in [0.1, 0.15) is 25.5 Å². The lowest BCUT2D eigenvalue weighted by molar-refractivity contribution is -0.152. The number of methoxy groups -OCH3 is 3. The predicted molar refractivity (Wildman–Crippen MR) is 72.3 cm³/mol. The van der Waals surface area contributed by atoms with Crippen LogP contribution in [0.2, 0.25) is 0 Å². The van der Waals surface area contributed by atoms with E-state index in [0.29, 0.717) is 17.1 Å². The number of carbonyl (C=O) groups is 1. The Bertz CT molecular complexity index is 435. The number of rotatable bonds is 5. The molecular weight excluding hydrogens is 246 g/mol. The highest BCUT2D eigenvalue weighted by molar-refractivity contribution is 5.77. The molecule has 0 aliphatic rings. The van der Waals surface area contributed by atoms with Gasteiger partial charge in [0.25, 0.3) is 0 Å². The molecule has 106 valence electrons. The van der Waals surface area contributed by atoms with Crippen molar-refractivity contribution in [3.8, 4) is 11.5 Å². The van der Waals surface area contributed by atoms with Crippen LogP contribution in [-0.2, 0) is 9.53 Å². The van der Waals surface area contributed by atoms with E-state index in [2.05, 4.69) is 0 Å². The lowest BCUT2D eigenvalue weighted by Gasteiger charge is -2.30. The average molecular weight is 267 g/mol. The lowest BCUT2D eigenvalue weighted by Crippen LogP contribution is -2.37. The second kappa shape index (κ2) is 5.93. The Labute approximate surface area is 113 Å². The molecule has 0 amide bonds. The second-order valence-corrected chi connectivity index (χ2v) is 4.77. The van der Waals surface area contributed by atoms with Crippen LogP contribution in [0.4, 0.5) is 0 Å². The fraction of sp³-hybridized carbons (Fsp3) is 0.500. The van der Waals surface area contributed by atoms with Gasteiger partial charge in [-0.2, -0.15) is 0 Å². The van der Waals surface area contributed by atoms with Crippen LogP contribution in [0.15, 0.2) is 18.2 Å². The van der Waals surface area contributed by atoms with Crippen LogP contribution in [0.25, 0.3) is 0 Å². The number of nitrogens with two attached hydrogens (primary N) is 1. The molecule has 0 aliphatic heterocycles. The molecule has 19 heavy (non-hydrogen) atoms. The molecule has 1 atom stereocenters. The monoisotopic (exact) mass is 267 g/mol. The zero-order chi connectivity index (χ0) is 14.6. The number of esters is 1. The van der Waals surface area contributed by atoms with E-state index in [9.17, 15) is 4.79 Å². The number of ether oxygens (including phenoxy) is 3. The summed E-state index contributed by atoms with van der Waals surface area (Å²) >= 11 is 0. The van der Waals surface area contributed by atoms with Gasteiger partial charge in [-0.1, -0.05) is 6.07 Å².